The van der Waals surface area contributed by atoms with Crippen molar-refractivity contribution in [2.45, 2.75) is 40.0 Å². The summed E-state index contributed by atoms with van der Waals surface area (Å²) in [6, 6.07) is 7.56. The number of anilines is 2. The molecule has 0 atom stereocenters. The van der Waals surface area contributed by atoms with Gasteiger partial charge in [-0.05, 0) is 32.0 Å². The van der Waals surface area contributed by atoms with Crippen LogP contribution in [0, 0.1) is 13.8 Å². The Bertz CT molecular complexity index is 801. The number of carbonyl (C=O) groups is 2. The van der Waals surface area contributed by atoms with Gasteiger partial charge in [-0.1, -0.05) is 44.1 Å². The zero-order chi connectivity index (χ0) is 20.2. The number of hydrogen-bond donors (Lipinski definition) is 2. The summed E-state index contributed by atoms with van der Waals surface area (Å²) in [6.45, 7) is 10.1. The Morgan fingerprint density at radius 3 is 2.15 bits per heavy atom. The molecule has 2 rings (SSSR count). The molecule has 7 nitrogen and oxygen atoms in total. The molecule has 1 aromatic heterocycles. The first-order chi connectivity index (χ1) is 12.6. The number of aryl methyl sites for hydroxylation is 2. The molecule has 0 unspecified atom stereocenters. The fraction of sp³-hybridized carbons (Fsp3) is 0.450. The molecule has 0 aliphatic carbocycles. The van der Waals surface area contributed by atoms with Crippen LogP contribution < -0.4 is 10.6 Å². The third kappa shape index (κ3) is 5.92. The Labute approximate surface area is 160 Å². The second kappa shape index (κ2) is 8.35. The second-order valence-corrected chi connectivity index (χ2v) is 7.86. The van der Waals surface area contributed by atoms with Crippen LogP contribution in [0.2, 0.25) is 0 Å². The predicted octanol–water partition coefficient (Wildman–Crippen LogP) is 3.10. The van der Waals surface area contributed by atoms with Crippen LogP contribution in [0.15, 0.2) is 28.8 Å². The van der Waals surface area contributed by atoms with Crippen LogP contribution in [0.3, 0.4) is 0 Å². The Hall–Kier alpha value is -2.67. The predicted molar refractivity (Wildman–Crippen MR) is 106 cm³/mol. The summed E-state index contributed by atoms with van der Waals surface area (Å²) in [7, 11) is 1.71. The van der Waals surface area contributed by atoms with Crippen LogP contribution >= 0.6 is 0 Å². The van der Waals surface area contributed by atoms with Gasteiger partial charge in [0.1, 0.15) is 0 Å². The average molecular weight is 372 g/mol. The van der Waals surface area contributed by atoms with Gasteiger partial charge in [0.25, 0.3) is 0 Å². The third-order valence-electron chi connectivity index (χ3n) is 4.11. The molecular weight excluding hydrogens is 344 g/mol. The Kier molecular flexibility index (Phi) is 6.38. The molecule has 0 spiro atoms. The molecule has 1 aromatic carbocycles. The molecule has 7 heteroatoms. The lowest BCUT2D eigenvalue weighted by Gasteiger charge is -2.17. The first kappa shape index (κ1) is 20.6. The van der Waals surface area contributed by atoms with Crippen molar-refractivity contribution in [1.29, 1.82) is 0 Å². The highest BCUT2D eigenvalue weighted by Crippen LogP contribution is 2.23. The smallest absolute Gasteiger partial charge is 0.240 e. The molecule has 2 aromatic rings. The summed E-state index contributed by atoms with van der Waals surface area (Å²) in [5.41, 5.74) is 3.43. The van der Waals surface area contributed by atoms with Crippen LogP contribution in [0.4, 0.5) is 11.6 Å². The first-order valence-corrected chi connectivity index (χ1v) is 8.88. The molecule has 2 amide bonds. The lowest BCUT2D eigenvalue weighted by Crippen LogP contribution is -2.36. The van der Waals surface area contributed by atoms with E-state index in [4.69, 9.17) is 4.52 Å². The van der Waals surface area contributed by atoms with Gasteiger partial charge in [-0.3, -0.25) is 19.8 Å². The normalized spacial score (nSPS) is 11.5. The SMILES string of the molecule is Cc1cccc(C)c1NC(=O)CN(C)CC(=O)Nc1cc(C(C)(C)C)no1. The summed E-state index contributed by atoms with van der Waals surface area (Å²) in [4.78, 5) is 26.1. The quantitative estimate of drug-likeness (QED) is 0.814. The topological polar surface area (TPSA) is 87.5 Å². The lowest BCUT2D eigenvalue weighted by atomic mass is 9.92. The van der Waals surface area contributed by atoms with Crippen molar-refractivity contribution in [2.75, 3.05) is 30.8 Å². The van der Waals surface area contributed by atoms with Crippen molar-refractivity contribution < 1.29 is 14.1 Å². The van der Waals surface area contributed by atoms with Crippen molar-refractivity contribution in [3.63, 3.8) is 0 Å². The molecule has 27 heavy (non-hydrogen) atoms. The maximum Gasteiger partial charge on any atom is 0.240 e. The number of nitrogens with zero attached hydrogens (tertiary/aromatic N) is 2. The molecule has 146 valence electrons. The van der Waals surface area contributed by atoms with Gasteiger partial charge in [-0.2, -0.15) is 0 Å². The first-order valence-electron chi connectivity index (χ1n) is 8.88. The number of hydrogen-bond acceptors (Lipinski definition) is 5. The molecule has 0 aliphatic heterocycles. The molecule has 0 saturated heterocycles. The second-order valence-electron chi connectivity index (χ2n) is 7.86. The molecular formula is C20H28N4O3. The highest BCUT2D eigenvalue weighted by molar-refractivity contribution is 5.95. The van der Waals surface area contributed by atoms with E-state index in [2.05, 4.69) is 15.8 Å². The molecule has 2 N–H and O–H groups in total. The Morgan fingerprint density at radius 2 is 1.63 bits per heavy atom. The summed E-state index contributed by atoms with van der Waals surface area (Å²) >= 11 is 0. The number of likely N-dealkylation sites (N-methyl/N-ethyl adjacent to an activating group) is 1. The lowest BCUT2D eigenvalue weighted by molar-refractivity contribution is -0.119. The average Bonchev–Trinajstić information content (AvgIpc) is 2.99. The van der Waals surface area contributed by atoms with Crippen LogP contribution in [0.1, 0.15) is 37.6 Å². The van der Waals surface area contributed by atoms with Crippen LogP contribution in [-0.4, -0.2) is 42.0 Å². The molecule has 0 bridgehead atoms. The van der Waals surface area contributed by atoms with E-state index in [1.165, 1.54) is 0 Å². The number of aromatic nitrogens is 1. The number of rotatable bonds is 6. The zero-order valence-corrected chi connectivity index (χ0v) is 16.8. The van der Waals surface area contributed by atoms with Gasteiger partial charge in [-0.25, -0.2) is 0 Å². The van der Waals surface area contributed by atoms with E-state index in [1.807, 2.05) is 52.8 Å². The number of nitrogens with one attached hydrogen (secondary N) is 2. The highest BCUT2D eigenvalue weighted by Gasteiger charge is 2.20. The number of carbonyl (C=O) groups excluding carboxylic acids is 2. The summed E-state index contributed by atoms with van der Waals surface area (Å²) in [6.07, 6.45) is 0. The van der Waals surface area contributed by atoms with Crippen molar-refractivity contribution >= 4 is 23.4 Å². The maximum atomic E-state index is 12.3. The van der Waals surface area contributed by atoms with E-state index in [1.54, 1.807) is 18.0 Å². The van der Waals surface area contributed by atoms with Crippen molar-refractivity contribution in [2.24, 2.45) is 0 Å². The van der Waals surface area contributed by atoms with Gasteiger partial charge >= 0.3 is 0 Å². The van der Waals surface area contributed by atoms with Gasteiger partial charge < -0.3 is 9.84 Å². The fourth-order valence-corrected chi connectivity index (χ4v) is 2.60. The van der Waals surface area contributed by atoms with Crippen molar-refractivity contribution in [3.05, 3.63) is 41.1 Å². The summed E-state index contributed by atoms with van der Waals surface area (Å²) in [5.74, 6) is -0.135. The van der Waals surface area contributed by atoms with E-state index < -0.39 is 0 Å². The monoisotopic (exact) mass is 372 g/mol. The minimum atomic E-state index is -0.269. The largest absolute Gasteiger partial charge is 0.338 e. The standard InChI is InChI=1S/C20H28N4O3/c1-13-8-7-9-14(2)19(13)22-17(26)12-24(6)11-16(25)21-18-10-15(23-27-18)20(3,4)5/h7-10H,11-12H2,1-6H3,(H,21,25)(H,22,26). The Balaban J connectivity index is 1.85. The van der Waals surface area contributed by atoms with Crippen molar-refractivity contribution in [1.82, 2.24) is 10.1 Å². The van der Waals surface area contributed by atoms with Crippen molar-refractivity contribution in [3.8, 4) is 0 Å². The maximum absolute atomic E-state index is 12.3. The minimum Gasteiger partial charge on any atom is -0.338 e. The van der Waals surface area contributed by atoms with E-state index in [0.29, 0.717) is 5.88 Å². The summed E-state index contributed by atoms with van der Waals surface area (Å²) in [5, 5.41) is 9.54. The van der Waals surface area contributed by atoms with Crippen LogP contribution in [-0.2, 0) is 15.0 Å². The molecule has 0 radical (unpaired) electrons. The van der Waals surface area contributed by atoms with Gasteiger partial charge in [-0.15, -0.1) is 0 Å². The summed E-state index contributed by atoms with van der Waals surface area (Å²) < 4.78 is 5.15. The number of para-hydroxylation sites is 1. The van der Waals surface area contributed by atoms with Gasteiger partial charge in [0, 0.05) is 17.2 Å². The molecule has 0 saturated carbocycles. The Morgan fingerprint density at radius 1 is 1.07 bits per heavy atom. The molecule has 0 aliphatic rings. The van der Waals surface area contributed by atoms with E-state index >= 15 is 0 Å². The van der Waals surface area contributed by atoms with E-state index in [0.717, 1.165) is 22.5 Å². The van der Waals surface area contributed by atoms with E-state index in [9.17, 15) is 9.59 Å². The van der Waals surface area contributed by atoms with Crippen LogP contribution in [0.25, 0.3) is 0 Å². The fourth-order valence-electron chi connectivity index (χ4n) is 2.60. The zero-order valence-electron chi connectivity index (χ0n) is 16.8. The van der Waals surface area contributed by atoms with Gasteiger partial charge in [0.2, 0.25) is 17.7 Å². The highest BCUT2D eigenvalue weighted by atomic mass is 16.5. The molecule has 1 heterocycles. The number of benzene rings is 1. The van der Waals surface area contributed by atoms with E-state index in [-0.39, 0.29) is 30.3 Å². The third-order valence-corrected chi connectivity index (χ3v) is 4.11. The van der Waals surface area contributed by atoms with Crippen LogP contribution in [0.5, 0.6) is 0 Å². The van der Waals surface area contributed by atoms with Gasteiger partial charge in [0.05, 0.1) is 18.8 Å². The minimum absolute atomic E-state index is 0.0612. The van der Waals surface area contributed by atoms with Gasteiger partial charge in [0.15, 0.2) is 0 Å². The molecule has 0 fully saturated rings. The number of amides is 2.